The van der Waals surface area contributed by atoms with Gasteiger partial charge in [0.05, 0.1) is 12.6 Å². The highest BCUT2D eigenvalue weighted by Crippen LogP contribution is 2.04. The molecule has 1 rings (SSSR count). The molecule has 0 saturated heterocycles. The van der Waals surface area contributed by atoms with Gasteiger partial charge in [-0.2, -0.15) is 5.26 Å². The number of aryl methyl sites for hydroxylation is 1. The molecule has 0 aliphatic rings. The van der Waals surface area contributed by atoms with Gasteiger partial charge in [-0.1, -0.05) is 30.3 Å². The van der Waals surface area contributed by atoms with Crippen LogP contribution >= 0.6 is 0 Å². The third kappa shape index (κ3) is 6.11. The van der Waals surface area contributed by atoms with Crippen molar-refractivity contribution in [2.24, 2.45) is 0 Å². The summed E-state index contributed by atoms with van der Waals surface area (Å²) in [5, 5.41) is 11.5. The van der Waals surface area contributed by atoms with Gasteiger partial charge >= 0.3 is 0 Å². The first kappa shape index (κ1) is 14.0. The van der Waals surface area contributed by atoms with E-state index in [1.54, 1.807) is 0 Å². The lowest BCUT2D eigenvalue weighted by atomic mass is 10.1. The molecular weight excluding hydrogens is 208 g/mol. The maximum absolute atomic E-state index is 8.39. The average Bonchev–Trinajstić information content (AvgIpc) is 2.25. The molecule has 82 valence electrons. The zero-order chi connectivity index (χ0) is 10.2. The molecule has 0 fully saturated rings. The van der Waals surface area contributed by atoms with Crippen LogP contribution in [0.4, 0.5) is 0 Å². The molecular formula is C12H16ClN2-. The number of benzene rings is 1. The molecule has 0 saturated carbocycles. The summed E-state index contributed by atoms with van der Waals surface area (Å²) in [4.78, 5) is 0. The Labute approximate surface area is 97.7 Å². The maximum atomic E-state index is 8.39. The molecule has 1 aromatic rings. The third-order valence-electron chi connectivity index (χ3n) is 2.24. The van der Waals surface area contributed by atoms with Crippen LogP contribution in [0.15, 0.2) is 30.3 Å². The fourth-order valence-corrected chi connectivity index (χ4v) is 1.35. The second-order valence-electron chi connectivity index (χ2n) is 3.46. The molecule has 15 heavy (non-hydrogen) atoms. The van der Waals surface area contributed by atoms with Crippen molar-refractivity contribution in [3.05, 3.63) is 35.9 Å². The summed E-state index contributed by atoms with van der Waals surface area (Å²) in [7, 11) is 0. The zero-order valence-corrected chi connectivity index (χ0v) is 9.67. The SMILES string of the molecule is CC(CCc1ccccc1)NCC#N.[Cl-]. The highest BCUT2D eigenvalue weighted by molar-refractivity contribution is 5.14. The standard InChI is InChI=1S/C12H16N2.ClH/c1-11(14-10-9-13)7-8-12-5-3-2-4-6-12;/h2-6,11,14H,7-8,10H2,1H3;1H/p-1. The fraction of sp³-hybridized carbons (Fsp3) is 0.417. The maximum Gasteiger partial charge on any atom is 0.0842 e. The van der Waals surface area contributed by atoms with E-state index >= 15 is 0 Å². The number of nitrogens with zero attached hydrogens (tertiary/aromatic N) is 1. The van der Waals surface area contributed by atoms with Gasteiger partial charge in [-0.25, -0.2) is 0 Å². The summed E-state index contributed by atoms with van der Waals surface area (Å²) >= 11 is 0. The number of hydrogen-bond acceptors (Lipinski definition) is 2. The van der Waals surface area contributed by atoms with Gasteiger partial charge in [0.2, 0.25) is 0 Å². The molecule has 0 radical (unpaired) electrons. The lowest BCUT2D eigenvalue weighted by molar-refractivity contribution is -0.00000331. The minimum absolute atomic E-state index is 0. The van der Waals surface area contributed by atoms with Crippen LogP contribution in [0.1, 0.15) is 18.9 Å². The minimum Gasteiger partial charge on any atom is -1.00 e. The predicted molar refractivity (Wildman–Crippen MR) is 57.8 cm³/mol. The molecule has 0 aromatic heterocycles. The molecule has 3 heteroatoms. The van der Waals surface area contributed by atoms with Gasteiger partial charge in [0.15, 0.2) is 0 Å². The molecule has 0 aliphatic carbocycles. The van der Waals surface area contributed by atoms with E-state index in [0.717, 1.165) is 12.8 Å². The Morgan fingerprint density at radius 3 is 2.60 bits per heavy atom. The van der Waals surface area contributed by atoms with E-state index in [1.165, 1.54) is 5.56 Å². The normalized spacial score (nSPS) is 11.2. The first-order valence-corrected chi connectivity index (χ1v) is 4.97. The van der Waals surface area contributed by atoms with Gasteiger partial charge < -0.3 is 17.7 Å². The van der Waals surface area contributed by atoms with Crippen LogP contribution in [0.25, 0.3) is 0 Å². The highest BCUT2D eigenvalue weighted by Gasteiger charge is 2.00. The van der Waals surface area contributed by atoms with Crippen molar-refractivity contribution in [1.82, 2.24) is 5.32 Å². The predicted octanol–water partition coefficient (Wildman–Crippen LogP) is -0.875. The lowest BCUT2D eigenvalue weighted by Crippen LogP contribution is -3.00. The van der Waals surface area contributed by atoms with Crippen molar-refractivity contribution < 1.29 is 12.4 Å². The molecule has 1 unspecified atom stereocenters. The molecule has 1 atom stereocenters. The van der Waals surface area contributed by atoms with Crippen molar-refractivity contribution in [2.45, 2.75) is 25.8 Å². The van der Waals surface area contributed by atoms with Gasteiger partial charge in [0.1, 0.15) is 0 Å². The number of nitriles is 1. The second-order valence-corrected chi connectivity index (χ2v) is 3.46. The Morgan fingerprint density at radius 1 is 1.33 bits per heavy atom. The van der Waals surface area contributed by atoms with Crippen LogP contribution in [-0.2, 0) is 6.42 Å². The van der Waals surface area contributed by atoms with E-state index in [-0.39, 0.29) is 12.4 Å². The van der Waals surface area contributed by atoms with E-state index in [1.807, 2.05) is 6.07 Å². The first-order valence-electron chi connectivity index (χ1n) is 4.97. The van der Waals surface area contributed by atoms with Gasteiger partial charge in [-0.15, -0.1) is 0 Å². The summed E-state index contributed by atoms with van der Waals surface area (Å²) < 4.78 is 0. The zero-order valence-electron chi connectivity index (χ0n) is 8.91. The molecule has 2 nitrogen and oxygen atoms in total. The summed E-state index contributed by atoms with van der Waals surface area (Å²) in [5.74, 6) is 0. The largest absolute Gasteiger partial charge is 1.00 e. The third-order valence-corrected chi connectivity index (χ3v) is 2.24. The Hall–Kier alpha value is -1.04. The van der Waals surface area contributed by atoms with Gasteiger partial charge in [-0.3, -0.25) is 0 Å². The van der Waals surface area contributed by atoms with Gasteiger partial charge in [0.25, 0.3) is 0 Å². The Balaban J connectivity index is 0.00000196. The minimum atomic E-state index is 0. The topological polar surface area (TPSA) is 35.8 Å². The van der Waals surface area contributed by atoms with Crippen LogP contribution in [0, 0.1) is 11.3 Å². The molecule has 1 N–H and O–H groups in total. The lowest BCUT2D eigenvalue weighted by Gasteiger charge is -2.10. The fourth-order valence-electron chi connectivity index (χ4n) is 1.35. The molecule has 1 aromatic carbocycles. The average molecular weight is 224 g/mol. The molecule has 0 aliphatic heterocycles. The number of rotatable bonds is 5. The van der Waals surface area contributed by atoms with E-state index in [9.17, 15) is 0 Å². The van der Waals surface area contributed by atoms with Crippen molar-refractivity contribution >= 4 is 0 Å². The van der Waals surface area contributed by atoms with Crippen LogP contribution in [0.2, 0.25) is 0 Å². The number of hydrogen-bond donors (Lipinski definition) is 1. The van der Waals surface area contributed by atoms with Crippen LogP contribution in [0.3, 0.4) is 0 Å². The number of nitrogens with one attached hydrogen (secondary N) is 1. The second kappa shape index (κ2) is 8.28. The van der Waals surface area contributed by atoms with Crippen LogP contribution in [-0.4, -0.2) is 12.6 Å². The molecule has 0 heterocycles. The smallest absolute Gasteiger partial charge is 0.0842 e. The first-order chi connectivity index (χ1) is 6.83. The van der Waals surface area contributed by atoms with Crippen molar-refractivity contribution in [2.75, 3.05) is 6.54 Å². The number of halogens is 1. The van der Waals surface area contributed by atoms with Crippen molar-refractivity contribution in [3.63, 3.8) is 0 Å². The highest BCUT2D eigenvalue weighted by atomic mass is 35.5. The Bertz CT molecular complexity index is 292. The van der Waals surface area contributed by atoms with E-state index in [0.29, 0.717) is 12.6 Å². The van der Waals surface area contributed by atoms with Crippen molar-refractivity contribution in [3.8, 4) is 6.07 Å². The van der Waals surface area contributed by atoms with Crippen LogP contribution < -0.4 is 17.7 Å². The summed E-state index contributed by atoms with van der Waals surface area (Å²) in [5.41, 5.74) is 1.36. The van der Waals surface area contributed by atoms with Gasteiger partial charge in [-0.05, 0) is 25.3 Å². The van der Waals surface area contributed by atoms with Crippen LogP contribution in [0.5, 0.6) is 0 Å². The Morgan fingerprint density at radius 2 is 2.00 bits per heavy atom. The molecule has 0 amide bonds. The van der Waals surface area contributed by atoms with Gasteiger partial charge in [0, 0.05) is 6.04 Å². The van der Waals surface area contributed by atoms with E-state index in [4.69, 9.17) is 5.26 Å². The molecule has 0 bridgehead atoms. The molecule has 0 spiro atoms. The van der Waals surface area contributed by atoms with Crippen molar-refractivity contribution in [1.29, 1.82) is 5.26 Å². The Kier molecular flexibility index (Phi) is 7.71. The van der Waals surface area contributed by atoms with E-state index in [2.05, 4.69) is 42.6 Å². The summed E-state index contributed by atoms with van der Waals surface area (Å²) in [6.45, 7) is 2.55. The van der Waals surface area contributed by atoms with E-state index < -0.39 is 0 Å². The summed E-state index contributed by atoms with van der Waals surface area (Å²) in [6.07, 6.45) is 2.14. The quantitative estimate of drug-likeness (QED) is 0.659. The summed E-state index contributed by atoms with van der Waals surface area (Å²) in [6, 6.07) is 12.9. The monoisotopic (exact) mass is 223 g/mol.